The minimum Gasteiger partial charge on any atom is -0.280 e. The minimum absolute atomic E-state index is 0.870. The van der Waals surface area contributed by atoms with Crippen LogP contribution < -0.4 is 16.3 Å². The van der Waals surface area contributed by atoms with Crippen molar-refractivity contribution >= 4 is 5.84 Å². The second-order valence-electron chi connectivity index (χ2n) is 1.02. The van der Waals surface area contributed by atoms with Crippen molar-refractivity contribution in [2.24, 2.45) is 5.84 Å². The van der Waals surface area contributed by atoms with Gasteiger partial charge in [0, 0.05) is 6.92 Å². The SMILES string of the molecule is C[NH+]=C(C)NN. The van der Waals surface area contributed by atoms with E-state index in [9.17, 15) is 0 Å². The highest BCUT2D eigenvalue weighted by Crippen LogP contribution is 1.35. The first kappa shape index (κ1) is 5.43. The Morgan fingerprint density at radius 1 is 1.83 bits per heavy atom. The summed E-state index contributed by atoms with van der Waals surface area (Å²) in [6.45, 7) is 1.85. The Kier molecular flexibility index (Phi) is 2.40. The number of rotatable bonds is 0. The zero-order chi connectivity index (χ0) is 4.99. The highest BCUT2D eigenvalue weighted by atomic mass is 15.2. The van der Waals surface area contributed by atoms with Crippen molar-refractivity contribution in [1.29, 1.82) is 0 Å². The van der Waals surface area contributed by atoms with Crippen LogP contribution in [0.25, 0.3) is 0 Å². The molecule has 0 saturated carbocycles. The zero-order valence-electron chi connectivity index (χ0n) is 4.08. The molecule has 0 aromatic rings. The molecule has 3 nitrogen and oxygen atoms in total. The van der Waals surface area contributed by atoms with Crippen LogP contribution in [-0.4, -0.2) is 12.9 Å². The molecule has 0 unspecified atom stereocenters. The molecule has 0 aromatic carbocycles. The van der Waals surface area contributed by atoms with Gasteiger partial charge in [0.1, 0.15) is 0 Å². The Hall–Kier alpha value is -0.570. The third kappa shape index (κ3) is 1.72. The van der Waals surface area contributed by atoms with E-state index in [2.05, 4.69) is 10.4 Å². The van der Waals surface area contributed by atoms with Gasteiger partial charge in [-0.05, 0) is 0 Å². The second kappa shape index (κ2) is 2.66. The number of nitrogens with one attached hydrogen (secondary N) is 2. The van der Waals surface area contributed by atoms with Gasteiger partial charge in [-0.2, -0.15) is 5.84 Å². The van der Waals surface area contributed by atoms with Crippen molar-refractivity contribution in [3.8, 4) is 0 Å². The summed E-state index contributed by atoms with van der Waals surface area (Å²) < 4.78 is 0. The van der Waals surface area contributed by atoms with Crippen LogP contribution in [0.15, 0.2) is 0 Å². The van der Waals surface area contributed by atoms with Gasteiger partial charge in [-0.25, -0.2) is 5.43 Å². The van der Waals surface area contributed by atoms with Crippen molar-refractivity contribution in [1.82, 2.24) is 5.43 Å². The van der Waals surface area contributed by atoms with Gasteiger partial charge in [0.2, 0.25) is 0 Å². The topological polar surface area (TPSA) is 52.0 Å². The van der Waals surface area contributed by atoms with E-state index in [1.807, 2.05) is 6.92 Å². The Balaban J connectivity index is 3.22. The molecular weight excluding hydrogens is 78.1 g/mol. The van der Waals surface area contributed by atoms with E-state index in [0.29, 0.717) is 0 Å². The van der Waals surface area contributed by atoms with Crippen LogP contribution in [0.4, 0.5) is 0 Å². The van der Waals surface area contributed by atoms with Crippen LogP contribution in [0.5, 0.6) is 0 Å². The molecule has 0 radical (unpaired) electrons. The third-order valence-corrected chi connectivity index (χ3v) is 0.592. The van der Waals surface area contributed by atoms with Gasteiger partial charge in [-0.1, -0.05) is 0 Å². The molecule has 0 aromatic heterocycles. The molecule has 4 N–H and O–H groups in total. The van der Waals surface area contributed by atoms with Crippen LogP contribution in [0.3, 0.4) is 0 Å². The summed E-state index contributed by atoms with van der Waals surface area (Å²) in [7, 11) is 1.80. The molecule has 6 heavy (non-hydrogen) atoms. The summed E-state index contributed by atoms with van der Waals surface area (Å²) in [5, 5.41) is 0. The van der Waals surface area contributed by atoms with Gasteiger partial charge in [-0.3, -0.25) is 4.99 Å². The van der Waals surface area contributed by atoms with Crippen LogP contribution in [0, 0.1) is 0 Å². The maximum absolute atomic E-state index is 4.93. The van der Waals surface area contributed by atoms with E-state index in [0.717, 1.165) is 5.84 Å². The Morgan fingerprint density at radius 3 is 2.33 bits per heavy atom. The van der Waals surface area contributed by atoms with Crippen molar-refractivity contribution < 1.29 is 4.99 Å². The van der Waals surface area contributed by atoms with Crippen molar-refractivity contribution in [2.45, 2.75) is 6.92 Å². The van der Waals surface area contributed by atoms with Crippen LogP contribution >= 0.6 is 0 Å². The van der Waals surface area contributed by atoms with E-state index in [-0.39, 0.29) is 0 Å². The first-order valence-corrected chi connectivity index (χ1v) is 1.79. The Bertz CT molecular complexity index is 57.1. The summed E-state index contributed by atoms with van der Waals surface area (Å²) in [5.74, 6) is 5.80. The van der Waals surface area contributed by atoms with Crippen LogP contribution in [-0.2, 0) is 0 Å². The number of amidine groups is 1. The highest BCUT2D eigenvalue weighted by Gasteiger charge is 1.81. The average molecular weight is 88.1 g/mol. The number of hydrazine groups is 1. The fraction of sp³-hybridized carbons (Fsp3) is 0.667. The summed E-state index contributed by atoms with van der Waals surface area (Å²) in [6.07, 6.45) is 0. The molecule has 0 bridgehead atoms. The molecule has 0 rings (SSSR count). The van der Waals surface area contributed by atoms with Crippen molar-refractivity contribution in [3.63, 3.8) is 0 Å². The van der Waals surface area contributed by atoms with E-state index in [1.165, 1.54) is 0 Å². The van der Waals surface area contributed by atoms with Crippen LogP contribution in [0.1, 0.15) is 6.92 Å². The van der Waals surface area contributed by atoms with E-state index >= 15 is 0 Å². The molecule has 36 valence electrons. The standard InChI is InChI=1S/C3H9N3/c1-3(5-2)6-4/h4H2,1-2H3,(H,5,6)/p+1. The lowest BCUT2D eigenvalue weighted by molar-refractivity contribution is -0.422. The van der Waals surface area contributed by atoms with E-state index in [4.69, 9.17) is 5.84 Å². The lowest BCUT2D eigenvalue weighted by Crippen LogP contribution is -2.71. The quantitative estimate of drug-likeness (QED) is 0.134. The molecule has 0 atom stereocenters. The highest BCUT2D eigenvalue weighted by molar-refractivity contribution is 5.72. The van der Waals surface area contributed by atoms with Crippen molar-refractivity contribution in [3.05, 3.63) is 0 Å². The summed E-state index contributed by atoms with van der Waals surface area (Å²) in [6, 6.07) is 0. The summed E-state index contributed by atoms with van der Waals surface area (Å²) >= 11 is 0. The van der Waals surface area contributed by atoms with Gasteiger partial charge in [0.25, 0.3) is 5.84 Å². The predicted octanol–water partition coefficient (Wildman–Crippen LogP) is -2.42. The van der Waals surface area contributed by atoms with Gasteiger partial charge < -0.3 is 0 Å². The average Bonchev–Trinajstić information content (AvgIpc) is 1.65. The largest absolute Gasteiger partial charge is 0.280 e. The Labute approximate surface area is 37.2 Å². The number of hydrogen-bond acceptors (Lipinski definition) is 1. The molecule has 0 saturated heterocycles. The monoisotopic (exact) mass is 88.1 g/mol. The lowest BCUT2D eigenvalue weighted by Gasteiger charge is -1.80. The molecular formula is C3H10N3+. The fourth-order valence-electron chi connectivity index (χ4n) is 0.0722. The third-order valence-electron chi connectivity index (χ3n) is 0.592. The normalized spacial score (nSPS) is 11.5. The number of nitrogens with two attached hydrogens (primary N) is 1. The van der Waals surface area contributed by atoms with Gasteiger partial charge in [0.05, 0.1) is 7.05 Å². The van der Waals surface area contributed by atoms with Crippen molar-refractivity contribution in [2.75, 3.05) is 7.05 Å². The summed E-state index contributed by atoms with van der Waals surface area (Å²) in [4.78, 5) is 2.80. The van der Waals surface area contributed by atoms with Gasteiger partial charge in [0.15, 0.2) is 0 Å². The molecule has 0 spiro atoms. The predicted molar refractivity (Wildman–Crippen MR) is 24.9 cm³/mol. The van der Waals surface area contributed by atoms with Crippen LogP contribution in [0.2, 0.25) is 0 Å². The minimum atomic E-state index is 0.870. The van der Waals surface area contributed by atoms with Gasteiger partial charge >= 0.3 is 0 Å². The Morgan fingerprint density at radius 2 is 2.33 bits per heavy atom. The van der Waals surface area contributed by atoms with E-state index < -0.39 is 0 Å². The molecule has 0 fully saturated rings. The molecule has 0 aliphatic rings. The molecule has 0 aliphatic carbocycles. The lowest BCUT2D eigenvalue weighted by atomic mass is 10.7. The second-order valence-corrected chi connectivity index (χ2v) is 1.02. The molecule has 0 aliphatic heterocycles. The molecule has 0 heterocycles. The maximum Gasteiger partial charge on any atom is 0.257 e. The zero-order valence-corrected chi connectivity index (χ0v) is 4.08. The molecule has 0 amide bonds. The number of hydrogen-bond donors (Lipinski definition) is 3. The molecule has 3 heteroatoms. The first-order valence-electron chi connectivity index (χ1n) is 1.79. The fourth-order valence-corrected chi connectivity index (χ4v) is 0.0722. The summed E-state index contributed by atoms with van der Waals surface area (Å²) in [5.41, 5.74) is 2.42. The maximum atomic E-state index is 4.93. The van der Waals surface area contributed by atoms with Gasteiger partial charge in [-0.15, -0.1) is 0 Å². The van der Waals surface area contributed by atoms with E-state index in [1.54, 1.807) is 7.05 Å². The smallest absolute Gasteiger partial charge is 0.257 e. The first-order chi connectivity index (χ1) is 2.81.